The molecule has 0 bridgehead atoms. The van der Waals surface area contributed by atoms with Gasteiger partial charge in [0.15, 0.2) is 5.82 Å². The first-order valence-electron chi connectivity index (χ1n) is 6.82. The molecule has 23 heavy (non-hydrogen) atoms. The van der Waals surface area contributed by atoms with E-state index in [1.54, 1.807) is 10.6 Å². The standard InChI is InChI=1S/C15H10ClFN6/c1-8-2-4-12-13(6-8)23-15(20-21-22-23)14(19-12)18-11-5-3-9(17)7-10(11)16/h2-7H,1H3,(H,18,19). The maximum Gasteiger partial charge on any atom is 0.222 e. The van der Waals surface area contributed by atoms with E-state index in [-0.39, 0.29) is 5.02 Å². The molecule has 0 saturated heterocycles. The summed E-state index contributed by atoms with van der Waals surface area (Å²) in [5, 5.41) is 15.0. The van der Waals surface area contributed by atoms with E-state index in [0.29, 0.717) is 17.2 Å². The summed E-state index contributed by atoms with van der Waals surface area (Å²) in [6.45, 7) is 1.99. The van der Waals surface area contributed by atoms with Crippen molar-refractivity contribution in [1.29, 1.82) is 0 Å². The molecule has 0 atom stereocenters. The van der Waals surface area contributed by atoms with Crippen LogP contribution in [-0.2, 0) is 0 Å². The lowest BCUT2D eigenvalue weighted by Gasteiger charge is -2.10. The average molecular weight is 329 g/mol. The normalized spacial score (nSPS) is 11.3. The van der Waals surface area contributed by atoms with Gasteiger partial charge in [0.05, 0.1) is 21.7 Å². The van der Waals surface area contributed by atoms with Crippen LogP contribution in [0.25, 0.3) is 16.7 Å². The second-order valence-corrected chi connectivity index (χ2v) is 5.52. The molecule has 114 valence electrons. The summed E-state index contributed by atoms with van der Waals surface area (Å²) in [7, 11) is 0. The van der Waals surface area contributed by atoms with E-state index in [0.717, 1.165) is 16.6 Å². The Labute approximate surface area is 134 Å². The van der Waals surface area contributed by atoms with Gasteiger partial charge in [0.2, 0.25) is 5.65 Å². The molecule has 0 amide bonds. The first-order chi connectivity index (χ1) is 11.1. The number of nitrogens with zero attached hydrogens (tertiary/aromatic N) is 5. The Morgan fingerprint density at radius 3 is 2.87 bits per heavy atom. The van der Waals surface area contributed by atoms with Gasteiger partial charge in [-0.05, 0) is 53.2 Å². The average Bonchev–Trinajstić information content (AvgIpc) is 3.01. The Morgan fingerprint density at radius 1 is 1.17 bits per heavy atom. The Balaban J connectivity index is 1.91. The largest absolute Gasteiger partial charge is 0.336 e. The number of anilines is 2. The van der Waals surface area contributed by atoms with Crippen molar-refractivity contribution >= 4 is 39.8 Å². The summed E-state index contributed by atoms with van der Waals surface area (Å²) in [4.78, 5) is 4.55. The molecular formula is C15H10ClFN6. The minimum Gasteiger partial charge on any atom is -0.336 e. The van der Waals surface area contributed by atoms with E-state index >= 15 is 0 Å². The van der Waals surface area contributed by atoms with Crippen molar-refractivity contribution in [3.05, 3.63) is 52.8 Å². The summed E-state index contributed by atoms with van der Waals surface area (Å²) in [5.74, 6) is 0.0386. The molecule has 4 aromatic rings. The third-order valence-electron chi connectivity index (χ3n) is 3.46. The summed E-state index contributed by atoms with van der Waals surface area (Å²) >= 11 is 6.05. The SMILES string of the molecule is Cc1ccc2nc(Nc3ccc(F)cc3Cl)c3nnnn3c2c1. The van der Waals surface area contributed by atoms with Crippen LogP contribution in [0.1, 0.15) is 5.56 Å². The van der Waals surface area contributed by atoms with Gasteiger partial charge in [0.1, 0.15) is 5.82 Å². The second-order valence-electron chi connectivity index (χ2n) is 5.12. The highest BCUT2D eigenvalue weighted by molar-refractivity contribution is 6.33. The lowest BCUT2D eigenvalue weighted by molar-refractivity contribution is 0.628. The predicted molar refractivity (Wildman–Crippen MR) is 85.5 cm³/mol. The molecule has 0 aliphatic rings. The predicted octanol–water partition coefficient (Wildman–Crippen LogP) is 3.52. The summed E-state index contributed by atoms with van der Waals surface area (Å²) in [6, 6.07) is 9.90. The van der Waals surface area contributed by atoms with Crippen molar-refractivity contribution in [2.45, 2.75) is 6.92 Å². The number of nitrogens with one attached hydrogen (secondary N) is 1. The third-order valence-corrected chi connectivity index (χ3v) is 3.77. The van der Waals surface area contributed by atoms with Crippen LogP contribution in [0.4, 0.5) is 15.9 Å². The van der Waals surface area contributed by atoms with E-state index in [9.17, 15) is 4.39 Å². The molecule has 0 aliphatic carbocycles. The molecule has 2 heterocycles. The maximum absolute atomic E-state index is 13.2. The fourth-order valence-corrected chi connectivity index (χ4v) is 2.58. The summed E-state index contributed by atoms with van der Waals surface area (Å²) < 4.78 is 14.8. The van der Waals surface area contributed by atoms with Crippen molar-refractivity contribution < 1.29 is 4.39 Å². The van der Waals surface area contributed by atoms with Gasteiger partial charge < -0.3 is 5.32 Å². The van der Waals surface area contributed by atoms with Gasteiger partial charge in [0.25, 0.3) is 0 Å². The van der Waals surface area contributed by atoms with Crippen molar-refractivity contribution in [2.75, 3.05) is 5.32 Å². The first-order valence-corrected chi connectivity index (χ1v) is 7.20. The molecule has 0 aliphatic heterocycles. The minimum absolute atomic E-state index is 0.251. The van der Waals surface area contributed by atoms with Crippen LogP contribution in [0.3, 0.4) is 0 Å². The number of hydrogen-bond acceptors (Lipinski definition) is 5. The van der Waals surface area contributed by atoms with Crippen LogP contribution in [-0.4, -0.2) is 25.0 Å². The molecule has 0 fully saturated rings. The van der Waals surface area contributed by atoms with Crippen LogP contribution in [0, 0.1) is 12.7 Å². The summed E-state index contributed by atoms with van der Waals surface area (Å²) in [5.41, 5.74) is 3.61. The number of hydrogen-bond donors (Lipinski definition) is 1. The van der Waals surface area contributed by atoms with Gasteiger partial charge >= 0.3 is 0 Å². The number of rotatable bonds is 2. The van der Waals surface area contributed by atoms with E-state index in [4.69, 9.17) is 11.6 Å². The minimum atomic E-state index is -0.406. The van der Waals surface area contributed by atoms with Crippen LogP contribution in [0.15, 0.2) is 36.4 Å². The maximum atomic E-state index is 13.2. The van der Waals surface area contributed by atoms with Crippen LogP contribution >= 0.6 is 11.6 Å². The van der Waals surface area contributed by atoms with Crippen molar-refractivity contribution in [2.24, 2.45) is 0 Å². The second kappa shape index (κ2) is 5.13. The van der Waals surface area contributed by atoms with E-state index in [1.807, 2.05) is 25.1 Å². The fraction of sp³-hybridized carbons (Fsp3) is 0.0667. The number of tetrazole rings is 1. The molecule has 1 N–H and O–H groups in total. The molecule has 8 heteroatoms. The van der Waals surface area contributed by atoms with Gasteiger partial charge in [0, 0.05) is 0 Å². The number of halogens is 2. The van der Waals surface area contributed by atoms with Crippen molar-refractivity contribution in [1.82, 2.24) is 25.0 Å². The molecule has 0 radical (unpaired) electrons. The highest BCUT2D eigenvalue weighted by Gasteiger charge is 2.13. The molecule has 4 rings (SSSR count). The monoisotopic (exact) mass is 328 g/mol. The number of benzene rings is 2. The molecule has 0 unspecified atom stereocenters. The third kappa shape index (κ3) is 2.35. The highest BCUT2D eigenvalue weighted by atomic mass is 35.5. The van der Waals surface area contributed by atoms with Gasteiger partial charge in [-0.1, -0.05) is 17.7 Å². The van der Waals surface area contributed by atoms with E-state index in [2.05, 4.69) is 25.8 Å². The zero-order valence-corrected chi connectivity index (χ0v) is 12.7. The van der Waals surface area contributed by atoms with Gasteiger partial charge in [-0.3, -0.25) is 0 Å². The molecule has 6 nitrogen and oxygen atoms in total. The van der Waals surface area contributed by atoms with Crippen LogP contribution in [0.2, 0.25) is 5.02 Å². The number of fused-ring (bicyclic) bond motifs is 3. The first kappa shape index (κ1) is 13.8. The number of aryl methyl sites for hydroxylation is 1. The highest BCUT2D eigenvalue weighted by Crippen LogP contribution is 2.28. The Kier molecular flexibility index (Phi) is 3.09. The Hall–Kier alpha value is -2.80. The van der Waals surface area contributed by atoms with Crippen LogP contribution in [0.5, 0.6) is 0 Å². The topological polar surface area (TPSA) is 68.0 Å². The lowest BCUT2D eigenvalue weighted by atomic mass is 10.2. The van der Waals surface area contributed by atoms with Gasteiger partial charge in [-0.2, -0.15) is 4.52 Å². The van der Waals surface area contributed by atoms with Crippen molar-refractivity contribution in [3.8, 4) is 0 Å². The zero-order chi connectivity index (χ0) is 16.0. The van der Waals surface area contributed by atoms with E-state index < -0.39 is 5.82 Å². The summed E-state index contributed by atoms with van der Waals surface area (Å²) in [6.07, 6.45) is 0. The lowest BCUT2D eigenvalue weighted by Crippen LogP contribution is -2.02. The van der Waals surface area contributed by atoms with Gasteiger partial charge in [-0.15, -0.1) is 5.10 Å². The molecular weight excluding hydrogens is 319 g/mol. The Bertz CT molecular complexity index is 1040. The molecule has 2 aromatic heterocycles. The van der Waals surface area contributed by atoms with Gasteiger partial charge in [-0.25, -0.2) is 9.37 Å². The van der Waals surface area contributed by atoms with Crippen molar-refractivity contribution in [3.63, 3.8) is 0 Å². The quantitative estimate of drug-likeness (QED) is 0.610. The van der Waals surface area contributed by atoms with E-state index in [1.165, 1.54) is 12.1 Å². The smallest absolute Gasteiger partial charge is 0.222 e. The number of aromatic nitrogens is 5. The van der Waals surface area contributed by atoms with Crippen LogP contribution < -0.4 is 5.32 Å². The Morgan fingerprint density at radius 2 is 2.04 bits per heavy atom. The fourth-order valence-electron chi connectivity index (χ4n) is 2.37. The molecule has 0 saturated carbocycles. The molecule has 2 aromatic carbocycles. The zero-order valence-electron chi connectivity index (χ0n) is 12.0. The molecule has 0 spiro atoms.